The summed E-state index contributed by atoms with van der Waals surface area (Å²) in [6.45, 7) is 7.04. The van der Waals surface area contributed by atoms with Crippen molar-refractivity contribution in [2.75, 3.05) is 13.2 Å². The number of carbonyl (C=O) groups excluding carboxylic acids is 3. The first kappa shape index (κ1) is 29.4. The Labute approximate surface area is 190 Å². The molecule has 0 bridgehead atoms. The van der Waals surface area contributed by atoms with Gasteiger partial charge in [-0.05, 0) is 25.7 Å². The van der Waals surface area contributed by atoms with Gasteiger partial charge in [-0.3, -0.25) is 9.59 Å². The van der Waals surface area contributed by atoms with Crippen LogP contribution in [0, 0.1) is 0 Å². The van der Waals surface area contributed by atoms with Crippen LogP contribution in [0.4, 0.5) is 0 Å². The van der Waals surface area contributed by atoms with Crippen LogP contribution in [0.3, 0.4) is 0 Å². The number of carbonyl (C=O) groups is 3. The number of hydrogen-bond acceptors (Lipinski definition) is 5. The second-order valence-corrected chi connectivity index (χ2v) is 8.33. The second-order valence-electron chi connectivity index (χ2n) is 8.33. The van der Waals surface area contributed by atoms with Gasteiger partial charge in [-0.2, -0.15) is 0 Å². The van der Waals surface area contributed by atoms with Crippen molar-refractivity contribution in [3.63, 3.8) is 0 Å². The fourth-order valence-corrected chi connectivity index (χ4v) is 3.30. The highest BCUT2D eigenvalue weighted by molar-refractivity contribution is 5.84. The number of hydrogen-bond donors (Lipinski definition) is 1. The van der Waals surface area contributed by atoms with E-state index in [2.05, 4.69) is 19.2 Å². The van der Waals surface area contributed by atoms with Gasteiger partial charge in [0.2, 0.25) is 5.91 Å². The molecule has 0 rings (SSSR count). The maximum Gasteiger partial charge on any atom is 0.328 e. The molecule has 182 valence electrons. The molecule has 0 aromatic carbocycles. The van der Waals surface area contributed by atoms with Crippen molar-refractivity contribution in [3.8, 4) is 0 Å². The van der Waals surface area contributed by atoms with E-state index in [1.54, 1.807) is 0 Å². The van der Waals surface area contributed by atoms with Gasteiger partial charge in [-0.25, -0.2) is 4.79 Å². The van der Waals surface area contributed by atoms with E-state index in [4.69, 9.17) is 9.47 Å². The van der Waals surface area contributed by atoms with E-state index >= 15 is 0 Å². The van der Waals surface area contributed by atoms with Crippen LogP contribution in [-0.2, 0) is 23.9 Å². The summed E-state index contributed by atoms with van der Waals surface area (Å²) in [6.07, 6.45) is 14.8. The summed E-state index contributed by atoms with van der Waals surface area (Å²) in [5, 5.41) is 2.72. The van der Waals surface area contributed by atoms with Gasteiger partial charge in [-0.1, -0.05) is 85.0 Å². The highest BCUT2D eigenvalue weighted by Gasteiger charge is 2.23. The third-order valence-electron chi connectivity index (χ3n) is 5.24. The molecule has 0 aromatic heterocycles. The molecule has 31 heavy (non-hydrogen) atoms. The van der Waals surface area contributed by atoms with E-state index in [0.29, 0.717) is 26.1 Å². The van der Waals surface area contributed by atoms with E-state index in [0.717, 1.165) is 32.1 Å². The molecule has 0 unspecified atom stereocenters. The van der Waals surface area contributed by atoms with Gasteiger partial charge < -0.3 is 14.8 Å². The maximum atomic E-state index is 12.4. The molecule has 1 N–H and O–H groups in total. The maximum absolute atomic E-state index is 12.4. The Morgan fingerprint density at radius 3 is 1.71 bits per heavy atom. The van der Waals surface area contributed by atoms with Gasteiger partial charge in [0.1, 0.15) is 6.04 Å². The van der Waals surface area contributed by atoms with Crippen LogP contribution in [0.2, 0.25) is 0 Å². The van der Waals surface area contributed by atoms with Crippen LogP contribution < -0.4 is 5.32 Å². The Morgan fingerprint density at radius 1 is 0.645 bits per heavy atom. The summed E-state index contributed by atoms with van der Waals surface area (Å²) in [5.41, 5.74) is 0. The molecule has 0 aliphatic rings. The molecular formula is C25H47NO5. The fourth-order valence-electron chi connectivity index (χ4n) is 3.30. The molecule has 0 aromatic rings. The second kappa shape index (κ2) is 21.6. The monoisotopic (exact) mass is 441 g/mol. The fraction of sp³-hybridized carbons (Fsp3) is 0.880. The lowest BCUT2D eigenvalue weighted by atomic mass is 10.1. The first-order valence-electron chi connectivity index (χ1n) is 12.7. The molecule has 0 heterocycles. The minimum Gasteiger partial charge on any atom is -0.466 e. The number of amides is 1. The topological polar surface area (TPSA) is 81.7 Å². The van der Waals surface area contributed by atoms with Crippen molar-refractivity contribution in [3.05, 3.63) is 0 Å². The normalized spacial score (nSPS) is 11.7. The van der Waals surface area contributed by atoms with Gasteiger partial charge in [0.05, 0.1) is 13.2 Å². The highest BCUT2D eigenvalue weighted by atomic mass is 16.5. The van der Waals surface area contributed by atoms with Crippen molar-refractivity contribution in [2.24, 2.45) is 0 Å². The molecule has 0 radical (unpaired) electrons. The predicted octanol–water partition coefficient (Wildman–Crippen LogP) is 5.86. The molecule has 0 aliphatic carbocycles. The predicted molar refractivity (Wildman–Crippen MR) is 125 cm³/mol. The molecule has 1 atom stereocenters. The van der Waals surface area contributed by atoms with E-state index in [1.165, 1.54) is 44.9 Å². The summed E-state index contributed by atoms with van der Waals surface area (Å²) in [7, 11) is 0. The lowest BCUT2D eigenvalue weighted by molar-refractivity contribution is -0.149. The lowest BCUT2D eigenvalue weighted by Gasteiger charge is -2.17. The lowest BCUT2D eigenvalue weighted by Crippen LogP contribution is -2.42. The van der Waals surface area contributed by atoms with Crippen LogP contribution in [-0.4, -0.2) is 37.1 Å². The van der Waals surface area contributed by atoms with Gasteiger partial charge in [0.25, 0.3) is 0 Å². The molecule has 0 saturated carbocycles. The summed E-state index contributed by atoms with van der Waals surface area (Å²) in [6, 6.07) is -0.791. The van der Waals surface area contributed by atoms with Gasteiger partial charge in [0.15, 0.2) is 0 Å². The molecular weight excluding hydrogens is 394 g/mol. The van der Waals surface area contributed by atoms with E-state index in [1.807, 2.05) is 6.92 Å². The smallest absolute Gasteiger partial charge is 0.328 e. The minimum atomic E-state index is -0.791. The first-order chi connectivity index (χ1) is 15.0. The quantitative estimate of drug-likeness (QED) is 0.178. The Morgan fingerprint density at radius 2 is 1.16 bits per heavy atom. The van der Waals surface area contributed by atoms with Crippen molar-refractivity contribution >= 4 is 17.8 Å². The van der Waals surface area contributed by atoms with Crippen molar-refractivity contribution in [1.82, 2.24) is 5.32 Å². The number of rotatable bonds is 21. The zero-order valence-corrected chi connectivity index (χ0v) is 20.3. The van der Waals surface area contributed by atoms with Gasteiger partial charge in [0, 0.05) is 12.8 Å². The largest absolute Gasteiger partial charge is 0.466 e. The van der Waals surface area contributed by atoms with Crippen molar-refractivity contribution < 1.29 is 23.9 Å². The number of ether oxygens (including phenoxy) is 2. The highest BCUT2D eigenvalue weighted by Crippen LogP contribution is 2.08. The van der Waals surface area contributed by atoms with Crippen molar-refractivity contribution in [1.29, 1.82) is 0 Å². The zero-order chi connectivity index (χ0) is 23.2. The van der Waals surface area contributed by atoms with Crippen LogP contribution in [0.1, 0.15) is 124 Å². The van der Waals surface area contributed by atoms with Crippen LogP contribution >= 0.6 is 0 Å². The number of nitrogens with one attached hydrogen (secondary N) is 1. The van der Waals surface area contributed by atoms with E-state index < -0.39 is 12.0 Å². The Kier molecular flexibility index (Phi) is 20.5. The third kappa shape index (κ3) is 18.9. The zero-order valence-electron chi connectivity index (χ0n) is 20.3. The van der Waals surface area contributed by atoms with Gasteiger partial charge in [-0.15, -0.1) is 0 Å². The molecule has 6 heteroatoms. The SMILES string of the molecule is CCCCCCCCOC(=O)CC[C@H](NC(=O)CCC)C(=O)OCCCCCCCC. The third-order valence-corrected chi connectivity index (χ3v) is 5.24. The first-order valence-corrected chi connectivity index (χ1v) is 12.7. The average Bonchev–Trinajstić information content (AvgIpc) is 2.75. The number of esters is 2. The van der Waals surface area contributed by atoms with Gasteiger partial charge >= 0.3 is 11.9 Å². The summed E-state index contributed by atoms with van der Waals surface area (Å²) in [5.74, 6) is -0.974. The molecule has 1 amide bonds. The van der Waals surface area contributed by atoms with Crippen LogP contribution in [0.15, 0.2) is 0 Å². The van der Waals surface area contributed by atoms with Crippen LogP contribution in [0.25, 0.3) is 0 Å². The van der Waals surface area contributed by atoms with E-state index in [9.17, 15) is 14.4 Å². The Bertz CT molecular complexity index is 467. The summed E-state index contributed by atoms with van der Waals surface area (Å²) >= 11 is 0. The minimum absolute atomic E-state index is 0.0963. The molecule has 0 fully saturated rings. The molecule has 0 spiro atoms. The Hall–Kier alpha value is -1.59. The van der Waals surface area contributed by atoms with Crippen LogP contribution in [0.5, 0.6) is 0 Å². The molecule has 0 saturated heterocycles. The summed E-state index contributed by atoms with van der Waals surface area (Å²) < 4.78 is 10.6. The molecule has 6 nitrogen and oxygen atoms in total. The standard InChI is InChI=1S/C25H47NO5/c1-4-7-9-11-13-15-20-30-24(28)19-18-22(26-23(27)17-6-3)25(29)31-21-16-14-12-10-8-5-2/h22H,4-21H2,1-3H3,(H,26,27)/t22-/m0/s1. The Balaban J connectivity index is 4.21. The van der Waals surface area contributed by atoms with Crippen molar-refractivity contribution in [2.45, 2.75) is 130 Å². The molecule has 0 aliphatic heterocycles. The number of unbranched alkanes of at least 4 members (excludes halogenated alkanes) is 10. The summed E-state index contributed by atoms with van der Waals surface area (Å²) in [4.78, 5) is 36.4. The average molecular weight is 442 g/mol. The van der Waals surface area contributed by atoms with E-state index in [-0.39, 0.29) is 24.7 Å².